The second kappa shape index (κ2) is 7.67. The zero-order valence-corrected chi connectivity index (χ0v) is 16.3. The molecule has 0 aliphatic carbocycles. The fourth-order valence-corrected chi connectivity index (χ4v) is 3.07. The molecular weight excluding hydrogens is 378 g/mol. The summed E-state index contributed by atoms with van der Waals surface area (Å²) in [6.45, 7) is 2.55. The molecule has 0 saturated carbocycles. The van der Waals surface area contributed by atoms with Crippen molar-refractivity contribution in [1.82, 2.24) is 24.6 Å². The van der Waals surface area contributed by atoms with E-state index in [-0.39, 0.29) is 0 Å². The van der Waals surface area contributed by atoms with E-state index in [1.165, 1.54) is 5.56 Å². The lowest BCUT2D eigenvalue weighted by atomic mass is 10.2. The van der Waals surface area contributed by atoms with Crippen LogP contribution in [0.15, 0.2) is 77.5 Å². The Bertz CT molecular complexity index is 1280. The number of benzene rings is 2. The third-order valence-electron chi connectivity index (χ3n) is 4.62. The van der Waals surface area contributed by atoms with Gasteiger partial charge in [-0.15, -0.1) is 5.10 Å². The van der Waals surface area contributed by atoms with Crippen molar-refractivity contribution in [1.29, 1.82) is 0 Å². The number of rotatable bonds is 6. The molecule has 5 aromatic rings. The van der Waals surface area contributed by atoms with Crippen molar-refractivity contribution >= 4 is 23.2 Å². The lowest BCUT2D eigenvalue weighted by molar-refractivity contribution is 0.617. The summed E-state index contributed by atoms with van der Waals surface area (Å²) in [7, 11) is 0. The van der Waals surface area contributed by atoms with Crippen LogP contribution >= 0.6 is 0 Å². The highest BCUT2D eigenvalue weighted by Gasteiger charge is 2.10. The maximum absolute atomic E-state index is 5.75. The lowest BCUT2D eigenvalue weighted by Gasteiger charge is -2.09. The highest BCUT2D eigenvalue weighted by atomic mass is 16.4. The van der Waals surface area contributed by atoms with E-state index in [1.54, 1.807) is 16.9 Å². The first-order valence-corrected chi connectivity index (χ1v) is 9.54. The second-order valence-corrected chi connectivity index (χ2v) is 6.77. The summed E-state index contributed by atoms with van der Waals surface area (Å²) in [5.74, 6) is 2.62. The number of anilines is 3. The van der Waals surface area contributed by atoms with Crippen LogP contribution in [0.25, 0.3) is 17.2 Å². The van der Waals surface area contributed by atoms with Crippen LogP contribution in [0.1, 0.15) is 11.4 Å². The Kier molecular flexibility index (Phi) is 4.57. The Morgan fingerprint density at radius 1 is 0.967 bits per heavy atom. The number of hydrogen-bond acceptors (Lipinski definition) is 7. The SMILES string of the molecule is Cc1ncc2oc(-c3ccc(Nc4ccnc(NCc5ccccc5)n4)cc3)nn12. The number of aromatic nitrogens is 5. The summed E-state index contributed by atoms with van der Waals surface area (Å²) in [5, 5.41) is 11.0. The Balaban J connectivity index is 1.27. The van der Waals surface area contributed by atoms with Gasteiger partial charge in [-0.05, 0) is 42.8 Å². The van der Waals surface area contributed by atoms with Gasteiger partial charge in [0.2, 0.25) is 17.6 Å². The van der Waals surface area contributed by atoms with Gasteiger partial charge >= 0.3 is 0 Å². The first-order valence-electron chi connectivity index (χ1n) is 9.54. The third-order valence-corrected chi connectivity index (χ3v) is 4.62. The molecule has 0 amide bonds. The van der Waals surface area contributed by atoms with Crippen molar-refractivity contribution in [3.8, 4) is 11.5 Å². The molecule has 0 saturated heterocycles. The van der Waals surface area contributed by atoms with Gasteiger partial charge in [-0.25, -0.2) is 9.97 Å². The molecule has 5 rings (SSSR count). The van der Waals surface area contributed by atoms with Crippen LogP contribution in [0, 0.1) is 6.92 Å². The number of hydrogen-bond donors (Lipinski definition) is 2. The molecule has 3 heterocycles. The van der Waals surface area contributed by atoms with Gasteiger partial charge in [0.1, 0.15) is 11.6 Å². The van der Waals surface area contributed by atoms with Crippen LogP contribution in [-0.4, -0.2) is 24.6 Å². The van der Waals surface area contributed by atoms with E-state index in [4.69, 9.17) is 4.42 Å². The van der Waals surface area contributed by atoms with E-state index in [0.29, 0.717) is 29.9 Å². The Hall–Kier alpha value is -4.20. The Morgan fingerprint density at radius 2 is 1.80 bits per heavy atom. The van der Waals surface area contributed by atoms with Gasteiger partial charge in [-0.1, -0.05) is 30.3 Å². The molecule has 0 radical (unpaired) electrons. The predicted molar refractivity (Wildman–Crippen MR) is 115 cm³/mol. The Labute approximate surface area is 172 Å². The zero-order valence-electron chi connectivity index (χ0n) is 16.3. The van der Waals surface area contributed by atoms with Gasteiger partial charge in [-0.3, -0.25) is 0 Å². The smallest absolute Gasteiger partial charge is 0.246 e. The predicted octanol–water partition coefficient (Wildman–Crippen LogP) is 4.44. The molecule has 148 valence electrons. The van der Waals surface area contributed by atoms with Crippen molar-refractivity contribution in [2.75, 3.05) is 10.6 Å². The molecule has 3 aromatic heterocycles. The monoisotopic (exact) mass is 397 g/mol. The molecule has 0 atom stereocenters. The fraction of sp³-hybridized carbons (Fsp3) is 0.0909. The van der Waals surface area contributed by atoms with Crippen LogP contribution in [0.4, 0.5) is 17.5 Å². The fourth-order valence-electron chi connectivity index (χ4n) is 3.07. The van der Waals surface area contributed by atoms with E-state index in [2.05, 4.69) is 42.8 Å². The summed E-state index contributed by atoms with van der Waals surface area (Å²) in [5.41, 5.74) is 3.59. The average Bonchev–Trinajstić information content (AvgIpc) is 3.36. The standard InChI is InChI=1S/C22H19N7O/c1-15-24-14-20-29(15)28-21(30-20)17-7-9-18(10-8-17)26-19-11-12-23-22(27-19)25-13-16-5-3-2-4-6-16/h2-12,14H,13H2,1H3,(H2,23,25,26,27). The van der Waals surface area contributed by atoms with Gasteiger partial charge in [0.25, 0.3) is 0 Å². The van der Waals surface area contributed by atoms with E-state index >= 15 is 0 Å². The molecule has 0 bridgehead atoms. The summed E-state index contributed by atoms with van der Waals surface area (Å²) in [6, 6.07) is 19.8. The van der Waals surface area contributed by atoms with Gasteiger partial charge in [0, 0.05) is 24.0 Å². The minimum Gasteiger partial charge on any atom is -0.417 e. The van der Waals surface area contributed by atoms with Crippen LogP contribution in [0.3, 0.4) is 0 Å². The molecule has 0 fully saturated rings. The van der Waals surface area contributed by atoms with Gasteiger partial charge in [0.05, 0.1) is 6.20 Å². The molecule has 0 aliphatic heterocycles. The van der Waals surface area contributed by atoms with Crippen LogP contribution in [0.5, 0.6) is 0 Å². The topological polar surface area (TPSA) is 93.2 Å². The maximum Gasteiger partial charge on any atom is 0.246 e. The third kappa shape index (κ3) is 3.70. The quantitative estimate of drug-likeness (QED) is 0.437. The van der Waals surface area contributed by atoms with Crippen molar-refractivity contribution in [3.63, 3.8) is 0 Å². The molecule has 0 spiro atoms. The zero-order chi connectivity index (χ0) is 20.3. The van der Waals surface area contributed by atoms with E-state index < -0.39 is 0 Å². The number of imidazole rings is 1. The van der Waals surface area contributed by atoms with E-state index in [9.17, 15) is 0 Å². The van der Waals surface area contributed by atoms with Crippen LogP contribution in [0.2, 0.25) is 0 Å². The van der Waals surface area contributed by atoms with Gasteiger partial charge in [0.15, 0.2) is 0 Å². The first kappa shape index (κ1) is 17.9. The summed E-state index contributed by atoms with van der Waals surface area (Å²) >= 11 is 0. The number of nitrogens with one attached hydrogen (secondary N) is 2. The second-order valence-electron chi connectivity index (χ2n) is 6.77. The molecule has 8 nitrogen and oxygen atoms in total. The van der Waals surface area contributed by atoms with Gasteiger partial charge in [-0.2, -0.15) is 9.50 Å². The van der Waals surface area contributed by atoms with Crippen molar-refractivity contribution in [2.45, 2.75) is 13.5 Å². The van der Waals surface area contributed by atoms with Crippen LogP contribution in [-0.2, 0) is 6.54 Å². The minimum absolute atomic E-state index is 0.552. The summed E-state index contributed by atoms with van der Waals surface area (Å²) in [4.78, 5) is 13.0. The summed E-state index contributed by atoms with van der Waals surface area (Å²) in [6.07, 6.45) is 3.39. The maximum atomic E-state index is 5.75. The highest BCUT2D eigenvalue weighted by molar-refractivity contribution is 5.63. The molecule has 30 heavy (non-hydrogen) atoms. The van der Waals surface area contributed by atoms with Crippen molar-refractivity contribution < 1.29 is 4.42 Å². The Morgan fingerprint density at radius 3 is 2.60 bits per heavy atom. The normalized spacial score (nSPS) is 11.0. The van der Waals surface area contributed by atoms with Gasteiger partial charge < -0.3 is 15.1 Å². The first-order chi connectivity index (χ1) is 14.7. The molecule has 8 heteroatoms. The molecule has 0 unspecified atom stereocenters. The lowest BCUT2D eigenvalue weighted by Crippen LogP contribution is -2.04. The minimum atomic E-state index is 0.552. The average molecular weight is 397 g/mol. The highest BCUT2D eigenvalue weighted by Crippen LogP contribution is 2.23. The van der Waals surface area contributed by atoms with Crippen LogP contribution < -0.4 is 10.6 Å². The van der Waals surface area contributed by atoms with E-state index in [1.807, 2.05) is 55.5 Å². The molecule has 0 aliphatic rings. The van der Waals surface area contributed by atoms with Crippen molar-refractivity contribution in [3.05, 3.63) is 84.4 Å². The number of nitrogens with zero attached hydrogens (tertiary/aromatic N) is 5. The molecular formula is C22H19N7O. The van der Waals surface area contributed by atoms with E-state index in [0.717, 1.165) is 17.1 Å². The molecule has 2 N–H and O–H groups in total. The summed E-state index contributed by atoms with van der Waals surface area (Å²) < 4.78 is 7.44. The molecule has 2 aromatic carbocycles. The number of aryl methyl sites for hydroxylation is 1. The largest absolute Gasteiger partial charge is 0.417 e. The van der Waals surface area contributed by atoms with Crippen molar-refractivity contribution in [2.24, 2.45) is 0 Å². The number of fused-ring (bicyclic) bond motifs is 1.